The Hall–Kier alpha value is -2.55. The molecule has 1 N–H and O–H groups in total. The van der Waals surface area contributed by atoms with Gasteiger partial charge in [0, 0.05) is 20.6 Å². The van der Waals surface area contributed by atoms with E-state index in [1.165, 1.54) is 9.80 Å². The number of nitriles is 1. The van der Waals surface area contributed by atoms with Gasteiger partial charge in [0.05, 0.1) is 11.3 Å². The topological polar surface area (TPSA) is 76.4 Å². The van der Waals surface area contributed by atoms with E-state index in [-0.39, 0.29) is 11.9 Å². The molecule has 0 radical (unpaired) electrons. The number of anilines is 1. The van der Waals surface area contributed by atoms with Gasteiger partial charge in [0.25, 0.3) is 0 Å². The molecule has 1 unspecified atom stereocenters. The molecule has 1 aliphatic rings. The number of benzene rings is 1. The van der Waals surface area contributed by atoms with Crippen molar-refractivity contribution in [3.05, 3.63) is 29.8 Å². The fraction of sp³-hybridized carbons (Fsp3) is 0.400. The van der Waals surface area contributed by atoms with Crippen molar-refractivity contribution in [3.8, 4) is 6.07 Å². The standard InChI is InChI=1S/C15H18N4O2/c1-18(2)14(20)13-8-5-9-19(13)15(21)17-12-7-4-3-6-11(12)10-16/h3-4,6-7,13H,5,8-9H2,1-2H3,(H,17,21). The molecule has 6 nitrogen and oxygen atoms in total. The molecular weight excluding hydrogens is 268 g/mol. The minimum Gasteiger partial charge on any atom is -0.347 e. The van der Waals surface area contributed by atoms with Gasteiger partial charge in [-0.15, -0.1) is 0 Å². The Balaban J connectivity index is 2.13. The minimum absolute atomic E-state index is 0.0729. The van der Waals surface area contributed by atoms with Crippen molar-refractivity contribution in [3.63, 3.8) is 0 Å². The highest BCUT2D eigenvalue weighted by molar-refractivity contribution is 5.95. The molecule has 0 aromatic heterocycles. The number of nitrogens with zero attached hydrogens (tertiary/aromatic N) is 3. The van der Waals surface area contributed by atoms with Crippen molar-refractivity contribution in [2.24, 2.45) is 0 Å². The smallest absolute Gasteiger partial charge is 0.322 e. The second-order valence-corrected chi connectivity index (χ2v) is 5.17. The third-order valence-corrected chi connectivity index (χ3v) is 3.53. The number of likely N-dealkylation sites (N-methyl/N-ethyl adjacent to an activating group) is 1. The van der Waals surface area contributed by atoms with Crippen LogP contribution >= 0.6 is 0 Å². The van der Waals surface area contributed by atoms with Gasteiger partial charge in [-0.1, -0.05) is 12.1 Å². The second-order valence-electron chi connectivity index (χ2n) is 5.17. The number of carbonyl (C=O) groups excluding carboxylic acids is 2. The lowest BCUT2D eigenvalue weighted by Crippen LogP contribution is -2.47. The quantitative estimate of drug-likeness (QED) is 0.898. The molecule has 3 amide bonds. The van der Waals surface area contributed by atoms with E-state index in [0.717, 1.165) is 6.42 Å². The summed E-state index contributed by atoms with van der Waals surface area (Å²) in [5, 5.41) is 11.8. The van der Waals surface area contributed by atoms with E-state index in [1.54, 1.807) is 38.4 Å². The molecule has 110 valence electrons. The molecule has 0 bridgehead atoms. The molecule has 1 aromatic rings. The highest BCUT2D eigenvalue weighted by Crippen LogP contribution is 2.21. The van der Waals surface area contributed by atoms with Crippen molar-refractivity contribution in [1.29, 1.82) is 5.26 Å². The summed E-state index contributed by atoms with van der Waals surface area (Å²) in [4.78, 5) is 27.5. The lowest BCUT2D eigenvalue weighted by Gasteiger charge is -2.26. The summed E-state index contributed by atoms with van der Waals surface area (Å²) in [5.41, 5.74) is 0.869. The predicted octanol–water partition coefficient (Wildman–Crippen LogP) is 1.64. The largest absolute Gasteiger partial charge is 0.347 e. The van der Waals surface area contributed by atoms with Gasteiger partial charge in [0.2, 0.25) is 5.91 Å². The molecular formula is C15H18N4O2. The summed E-state index contributed by atoms with van der Waals surface area (Å²) in [6, 6.07) is 8.08. The van der Waals surface area contributed by atoms with Crippen LogP contribution in [-0.4, -0.2) is 48.4 Å². The van der Waals surface area contributed by atoms with E-state index < -0.39 is 6.04 Å². The normalized spacial score (nSPS) is 17.2. The fourth-order valence-corrected chi connectivity index (χ4v) is 2.44. The Morgan fingerprint density at radius 1 is 1.38 bits per heavy atom. The van der Waals surface area contributed by atoms with Crippen LogP contribution in [0.25, 0.3) is 0 Å². The number of hydrogen-bond donors (Lipinski definition) is 1. The van der Waals surface area contributed by atoms with Crippen LogP contribution in [0.15, 0.2) is 24.3 Å². The maximum Gasteiger partial charge on any atom is 0.322 e. The molecule has 6 heteroatoms. The summed E-state index contributed by atoms with van der Waals surface area (Å²) in [5.74, 6) is -0.0729. The van der Waals surface area contributed by atoms with E-state index in [1.807, 2.05) is 6.07 Å². The van der Waals surface area contributed by atoms with Gasteiger partial charge in [0.1, 0.15) is 12.1 Å². The molecule has 1 atom stereocenters. The number of carbonyl (C=O) groups is 2. The summed E-state index contributed by atoms with van der Waals surface area (Å²) in [6.45, 7) is 0.546. The van der Waals surface area contributed by atoms with Crippen LogP contribution in [-0.2, 0) is 4.79 Å². The van der Waals surface area contributed by atoms with E-state index in [0.29, 0.717) is 24.2 Å². The molecule has 1 fully saturated rings. The lowest BCUT2D eigenvalue weighted by atomic mass is 10.2. The first kappa shape index (κ1) is 14.9. The Bertz CT molecular complexity index is 592. The van der Waals surface area contributed by atoms with E-state index >= 15 is 0 Å². The first-order chi connectivity index (χ1) is 10.0. The number of para-hydroxylation sites is 1. The zero-order valence-corrected chi connectivity index (χ0v) is 12.2. The van der Waals surface area contributed by atoms with Crippen LogP contribution in [0.1, 0.15) is 18.4 Å². The summed E-state index contributed by atoms with van der Waals surface area (Å²) in [6.07, 6.45) is 1.47. The third kappa shape index (κ3) is 3.14. The molecule has 0 saturated carbocycles. The number of urea groups is 1. The van der Waals surface area contributed by atoms with E-state index in [2.05, 4.69) is 5.32 Å². The lowest BCUT2D eigenvalue weighted by molar-refractivity contribution is -0.132. The van der Waals surface area contributed by atoms with Crippen LogP contribution in [0, 0.1) is 11.3 Å². The third-order valence-electron chi connectivity index (χ3n) is 3.53. The molecule has 0 spiro atoms. The summed E-state index contributed by atoms with van der Waals surface area (Å²) >= 11 is 0. The van der Waals surface area contributed by atoms with E-state index in [4.69, 9.17) is 5.26 Å². The Morgan fingerprint density at radius 3 is 2.76 bits per heavy atom. The maximum absolute atomic E-state index is 12.4. The monoisotopic (exact) mass is 286 g/mol. The summed E-state index contributed by atoms with van der Waals surface area (Å²) in [7, 11) is 3.36. The van der Waals surface area contributed by atoms with Crippen LogP contribution in [0.5, 0.6) is 0 Å². The Labute approximate surface area is 123 Å². The molecule has 1 saturated heterocycles. The number of hydrogen-bond acceptors (Lipinski definition) is 3. The maximum atomic E-state index is 12.4. The zero-order chi connectivity index (χ0) is 15.4. The molecule has 2 rings (SSSR count). The minimum atomic E-state index is -0.422. The van der Waals surface area contributed by atoms with Gasteiger partial charge in [-0.25, -0.2) is 4.79 Å². The highest BCUT2D eigenvalue weighted by Gasteiger charge is 2.35. The van der Waals surface area contributed by atoms with Crippen LogP contribution in [0.3, 0.4) is 0 Å². The van der Waals surface area contributed by atoms with Gasteiger partial charge in [-0.3, -0.25) is 4.79 Å². The van der Waals surface area contributed by atoms with Crippen molar-refractivity contribution in [1.82, 2.24) is 9.80 Å². The van der Waals surface area contributed by atoms with Gasteiger partial charge in [0.15, 0.2) is 0 Å². The van der Waals surface area contributed by atoms with Gasteiger partial charge >= 0.3 is 6.03 Å². The second kappa shape index (κ2) is 6.27. The summed E-state index contributed by atoms with van der Waals surface area (Å²) < 4.78 is 0. The average molecular weight is 286 g/mol. The van der Waals surface area contributed by atoms with Crippen LogP contribution < -0.4 is 5.32 Å². The number of rotatable bonds is 2. The Kier molecular flexibility index (Phi) is 4.43. The van der Waals surface area contributed by atoms with Gasteiger partial charge in [-0.2, -0.15) is 5.26 Å². The number of likely N-dealkylation sites (tertiary alicyclic amines) is 1. The predicted molar refractivity (Wildman–Crippen MR) is 78.6 cm³/mol. The molecule has 1 heterocycles. The van der Waals surface area contributed by atoms with Crippen molar-refractivity contribution in [2.45, 2.75) is 18.9 Å². The van der Waals surface area contributed by atoms with E-state index in [9.17, 15) is 9.59 Å². The molecule has 1 aliphatic heterocycles. The SMILES string of the molecule is CN(C)C(=O)C1CCCN1C(=O)Nc1ccccc1C#N. The number of nitrogens with one attached hydrogen (secondary N) is 1. The highest BCUT2D eigenvalue weighted by atomic mass is 16.2. The van der Waals surface area contributed by atoms with Gasteiger partial charge < -0.3 is 15.1 Å². The first-order valence-corrected chi connectivity index (χ1v) is 6.82. The van der Waals surface area contributed by atoms with Gasteiger partial charge in [-0.05, 0) is 25.0 Å². The Morgan fingerprint density at radius 2 is 2.10 bits per heavy atom. The molecule has 0 aliphatic carbocycles. The first-order valence-electron chi connectivity index (χ1n) is 6.82. The average Bonchev–Trinajstić information content (AvgIpc) is 2.96. The van der Waals surface area contributed by atoms with Crippen LogP contribution in [0.2, 0.25) is 0 Å². The van der Waals surface area contributed by atoms with Crippen molar-refractivity contribution in [2.75, 3.05) is 26.0 Å². The fourth-order valence-electron chi connectivity index (χ4n) is 2.44. The van der Waals surface area contributed by atoms with Crippen molar-refractivity contribution >= 4 is 17.6 Å². The van der Waals surface area contributed by atoms with Crippen LogP contribution in [0.4, 0.5) is 10.5 Å². The number of amides is 3. The van der Waals surface area contributed by atoms with Crippen molar-refractivity contribution < 1.29 is 9.59 Å². The molecule has 21 heavy (non-hydrogen) atoms. The molecule has 1 aromatic carbocycles. The zero-order valence-electron chi connectivity index (χ0n) is 12.2.